The molecular weight excluding hydrogens is 244 g/mol. The van der Waals surface area contributed by atoms with Crippen molar-refractivity contribution in [2.75, 3.05) is 6.54 Å². The molecule has 2 unspecified atom stereocenters. The summed E-state index contributed by atoms with van der Waals surface area (Å²) in [5.41, 5.74) is 9.60. The summed E-state index contributed by atoms with van der Waals surface area (Å²) in [7, 11) is 0. The van der Waals surface area contributed by atoms with Crippen molar-refractivity contribution in [3.63, 3.8) is 0 Å². The smallest absolute Gasteiger partial charge is 0.0502 e. The zero-order valence-corrected chi connectivity index (χ0v) is 12.3. The van der Waals surface area contributed by atoms with Crippen LogP contribution in [-0.2, 0) is 0 Å². The Morgan fingerprint density at radius 3 is 2.50 bits per heavy atom. The van der Waals surface area contributed by atoms with E-state index in [0.29, 0.717) is 12.1 Å². The van der Waals surface area contributed by atoms with Gasteiger partial charge in [0.05, 0.1) is 6.04 Å². The summed E-state index contributed by atoms with van der Waals surface area (Å²) in [5, 5.41) is 0. The van der Waals surface area contributed by atoms with Gasteiger partial charge in [-0.05, 0) is 62.1 Å². The number of benzene rings is 1. The highest BCUT2D eigenvalue weighted by molar-refractivity contribution is 5.32. The summed E-state index contributed by atoms with van der Waals surface area (Å²) in [4.78, 5) is 2.73. The Balaban J connectivity index is 1.66. The van der Waals surface area contributed by atoms with Crippen molar-refractivity contribution in [1.82, 2.24) is 4.90 Å². The molecule has 2 N–H and O–H groups in total. The molecule has 1 aromatic carbocycles. The fourth-order valence-electron chi connectivity index (χ4n) is 3.89. The van der Waals surface area contributed by atoms with Gasteiger partial charge in [-0.15, -0.1) is 0 Å². The van der Waals surface area contributed by atoms with Crippen LogP contribution in [0, 0.1) is 0 Å². The lowest BCUT2D eigenvalue weighted by Crippen LogP contribution is -2.41. The van der Waals surface area contributed by atoms with Gasteiger partial charge in [0.25, 0.3) is 0 Å². The molecule has 108 valence electrons. The standard InChI is InChI=1S/C18H26N2/c19-17-6-1-2-11-20(16-9-10-16)18(17)15-5-3-4-14(12-15)13-7-8-13/h3-5,12-13,16-18H,1-2,6-11,19H2. The number of hydrogen-bond acceptors (Lipinski definition) is 2. The van der Waals surface area contributed by atoms with Crippen LogP contribution < -0.4 is 5.73 Å². The monoisotopic (exact) mass is 270 g/mol. The molecule has 0 amide bonds. The van der Waals surface area contributed by atoms with E-state index in [1.54, 1.807) is 5.56 Å². The van der Waals surface area contributed by atoms with Gasteiger partial charge in [0.15, 0.2) is 0 Å². The normalized spacial score (nSPS) is 32.0. The van der Waals surface area contributed by atoms with Crippen molar-refractivity contribution in [3.8, 4) is 0 Å². The number of nitrogens with zero attached hydrogens (tertiary/aromatic N) is 1. The Morgan fingerprint density at radius 1 is 0.950 bits per heavy atom. The Hall–Kier alpha value is -0.860. The van der Waals surface area contributed by atoms with Crippen LogP contribution in [0.4, 0.5) is 0 Å². The second kappa shape index (κ2) is 5.16. The van der Waals surface area contributed by atoms with Gasteiger partial charge >= 0.3 is 0 Å². The lowest BCUT2D eigenvalue weighted by atomic mass is 9.94. The first kappa shape index (κ1) is 12.8. The van der Waals surface area contributed by atoms with E-state index in [0.717, 1.165) is 12.0 Å². The van der Waals surface area contributed by atoms with Crippen molar-refractivity contribution in [1.29, 1.82) is 0 Å². The second-order valence-electron chi connectivity index (χ2n) is 7.02. The topological polar surface area (TPSA) is 29.3 Å². The second-order valence-corrected chi connectivity index (χ2v) is 7.02. The third-order valence-corrected chi connectivity index (χ3v) is 5.28. The highest BCUT2D eigenvalue weighted by Crippen LogP contribution is 2.43. The molecule has 20 heavy (non-hydrogen) atoms. The minimum absolute atomic E-state index is 0.313. The van der Waals surface area contributed by atoms with E-state index < -0.39 is 0 Å². The summed E-state index contributed by atoms with van der Waals surface area (Å²) in [6.07, 6.45) is 9.32. The molecule has 2 nitrogen and oxygen atoms in total. The molecule has 0 spiro atoms. The molecule has 2 atom stereocenters. The van der Waals surface area contributed by atoms with Gasteiger partial charge in [0, 0.05) is 12.1 Å². The summed E-state index contributed by atoms with van der Waals surface area (Å²) in [6.45, 7) is 1.25. The first-order valence-electron chi connectivity index (χ1n) is 8.44. The Morgan fingerprint density at radius 2 is 1.75 bits per heavy atom. The van der Waals surface area contributed by atoms with Gasteiger partial charge < -0.3 is 5.73 Å². The first-order valence-corrected chi connectivity index (χ1v) is 8.44. The van der Waals surface area contributed by atoms with E-state index in [2.05, 4.69) is 29.2 Å². The molecule has 0 bridgehead atoms. The van der Waals surface area contributed by atoms with Crippen LogP contribution in [-0.4, -0.2) is 23.5 Å². The van der Waals surface area contributed by atoms with E-state index >= 15 is 0 Å². The average molecular weight is 270 g/mol. The van der Waals surface area contributed by atoms with E-state index in [4.69, 9.17) is 5.73 Å². The quantitative estimate of drug-likeness (QED) is 0.909. The summed E-state index contributed by atoms with van der Waals surface area (Å²) in [6, 6.07) is 10.9. The predicted molar refractivity (Wildman–Crippen MR) is 82.7 cm³/mol. The maximum absolute atomic E-state index is 6.57. The van der Waals surface area contributed by atoms with Crippen molar-refractivity contribution in [3.05, 3.63) is 35.4 Å². The average Bonchev–Trinajstić information content (AvgIpc) is 3.31. The molecule has 1 aliphatic heterocycles. The molecule has 0 aromatic heterocycles. The van der Waals surface area contributed by atoms with Gasteiger partial charge in [0.1, 0.15) is 0 Å². The zero-order valence-electron chi connectivity index (χ0n) is 12.3. The Labute approximate surface area is 122 Å². The van der Waals surface area contributed by atoms with E-state index in [9.17, 15) is 0 Å². The summed E-state index contributed by atoms with van der Waals surface area (Å²) < 4.78 is 0. The third kappa shape index (κ3) is 2.51. The number of rotatable bonds is 3. The predicted octanol–water partition coefficient (Wildman–Crippen LogP) is 3.58. The minimum Gasteiger partial charge on any atom is -0.326 e. The molecule has 1 saturated heterocycles. The SMILES string of the molecule is NC1CCCCN(C2CC2)C1c1cccc(C2CC2)c1. The van der Waals surface area contributed by atoms with Gasteiger partial charge in [0.2, 0.25) is 0 Å². The van der Waals surface area contributed by atoms with Gasteiger partial charge in [-0.3, -0.25) is 4.90 Å². The molecule has 4 rings (SSSR count). The molecule has 1 heterocycles. The van der Waals surface area contributed by atoms with E-state index in [1.165, 1.54) is 57.1 Å². The van der Waals surface area contributed by atoms with Gasteiger partial charge in [-0.2, -0.15) is 0 Å². The van der Waals surface area contributed by atoms with E-state index in [1.807, 2.05) is 0 Å². The molecule has 3 fully saturated rings. The van der Waals surface area contributed by atoms with Crippen molar-refractivity contribution < 1.29 is 0 Å². The Bertz CT molecular complexity index is 476. The van der Waals surface area contributed by atoms with Crippen LogP contribution in [0.2, 0.25) is 0 Å². The summed E-state index contributed by atoms with van der Waals surface area (Å²) >= 11 is 0. The van der Waals surface area contributed by atoms with Gasteiger partial charge in [-0.1, -0.05) is 30.7 Å². The van der Waals surface area contributed by atoms with Crippen molar-refractivity contribution in [2.24, 2.45) is 5.73 Å². The van der Waals surface area contributed by atoms with Crippen LogP contribution in [0.25, 0.3) is 0 Å². The highest BCUT2D eigenvalue weighted by atomic mass is 15.2. The molecule has 2 heteroatoms. The van der Waals surface area contributed by atoms with Crippen LogP contribution >= 0.6 is 0 Å². The fraction of sp³-hybridized carbons (Fsp3) is 0.667. The maximum atomic E-state index is 6.57. The third-order valence-electron chi connectivity index (χ3n) is 5.28. The van der Waals surface area contributed by atoms with Crippen LogP contribution in [0.5, 0.6) is 0 Å². The molecule has 1 aromatic rings. The lowest BCUT2D eigenvalue weighted by Gasteiger charge is -2.34. The Kier molecular flexibility index (Phi) is 3.31. The zero-order chi connectivity index (χ0) is 13.5. The number of hydrogen-bond donors (Lipinski definition) is 1. The minimum atomic E-state index is 0.313. The molecular formula is C18H26N2. The van der Waals surface area contributed by atoms with Crippen LogP contribution in [0.1, 0.15) is 68.0 Å². The first-order chi connectivity index (χ1) is 9.83. The van der Waals surface area contributed by atoms with E-state index in [-0.39, 0.29) is 0 Å². The molecule has 2 aliphatic carbocycles. The van der Waals surface area contributed by atoms with Crippen molar-refractivity contribution in [2.45, 2.75) is 69.0 Å². The van der Waals surface area contributed by atoms with Crippen molar-refractivity contribution >= 4 is 0 Å². The molecule has 2 saturated carbocycles. The molecule has 0 radical (unpaired) electrons. The maximum Gasteiger partial charge on any atom is 0.0502 e. The number of likely N-dealkylation sites (tertiary alicyclic amines) is 1. The largest absolute Gasteiger partial charge is 0.326 e. The lowest BCUT2D eigenvalue weighted by molar-refractivity contribution is 0.175. The van der Waals surface area contributed by atoms with Gasteiger partial charge in [-0.25, -0.2) is 0 Å². The fourth-order valence-corrected chi connectivity index (χ4v) is 3.89. The molecule has 3 aliphatic rings. The van der Waals surface area contributed by atoms with Crippen LogP contribution in [0.15, 0.2) is 24.3 Å². The number of nitrogens with two attached hydrogens (primary N) is 1. The van der Waals surface area contributed by atoms with Crippen LogP contribution in [0.3, 0.4) is 0 Å². The highest BCUT2D eigenvalue weighted by Gasteiger charge is 2.38. The summed E-state index contributed by atoms with van der Waals surface area (Å²) in [5.74, 6) is 0.839.